The number of aliphatic hydroxyl groups excluding tert-OH is 1. The Morgan fingerprint density at radius 3 is 2.54 bits per heavy atom. The lowest BCUT2D eigenvalue weighted by Gasteiger charge is -2.14. The van der Waals surface area contributed by atoms with E-state index in [2.05, 4.69) is 0 Å². The van der Waals surface area contributed by atoms with Crippen molar-refractivity contribution in [2.75, 3.05) is 5.73 Å². The van der Waals surface area contributed by atoms with Gasteiger partial charge in [-0.3, -0.25) is 0 Å². The molecule has 0 radical (unpaired) electrons. The first-order chi connectivity index (χ1) is 6.06. The third-order valence-corrected chi connectivity index (χ3v) is 2.31. The molecule has 72 valence electrons. The number of nitrogen functional groups attached to an aromatic ring is 1. The Balaban J connectivity index is 3.20. The fraction of sp³-hybridized carbons (Fsp3) is 0.455. The summed E-state index contributed by atoms with van der Waals surface area (Å²) in [4.78, 5) is 0. The minimum Gasteiger partial charge on any atom is -0.398 e. The first-order valence-corrected chi connectivity index (χ1v) is 4.61. The molecule has 2 nitrogen and oxygen atoms in total. The van der Waals surface area contributed by atoms with Gasteiger partial charge in [-0.2, -0.15) is 0 Å². The van der Waals surface area contributed by atoms with Crippen LogP contribution in [0.5, 0.6) is 0 Å². The Labute approximate surface area is 79.4 Å². The zero-order chi connectivity index (χ0) is 10.0. The molecule has 1 aromatic carbocycles. The lowest BCUT2D eigenvalue weighted by atomic mass is 9.99. The highest BCUT2D eigenvalue weighted by Gasteiger charge is 2.10. The summed E-state index contributed by atoms with van der Waals surface area (Å²) in [5.74, 6) is 0. The van der Waals surface area contributed by atoms with Crippen LogP contribution in [0.15, 0.2) is 12.1 Å². The van der Waals surface area contributed by atoms with E-state index >= 15 is 0 Å². The van der Waals surface area contributed by atoms with Crippen molar-refractivity contribution in [2.45, 2.75) is 33.3 Å². The van der Waals surface area contributed by atoms with Gasteiger partial charge in [-0.15, -0.1) is 0 Å². The normalized spacial score (nSPS) is 12.9. The highest BCUT2D eigenvalue weighted by molar-refractivity contribution is 5.55. The maximum absolute atomic E-state index is 9.68. The van der Waals surface area contributed by atoms with Crippen LogP contribution < -0.4 is 5.73 Å². The van der Waals surface area contributed by atoms with Gasteiger partial charge < -0.3 is 10.8 Å². The summed E-state index contributed by atoms with van der Waals surface area (Å²) in [5.41, 5.74) is 9.64. The van der Waals surface area contributed by atoms with Gasteiger partial charge in [0.1, 0.15) is 0 Å². The van der Waals surface area contributed by atoms with Crippen molar-refractivity contribution < 1.29 is 5.11 Å². The summed E-state index contributed by atoms with van der Waals surface area (Å²) in [7, 11) is 0. The number of anilines is 1. The van der Waals surface area contributed by atoms with Gasteiger partial charge in [0.05, 0.1) is 6.10 Å². The number of hydrogen-bond donors (Lipinski definition) is 2. The largest absolute Gasteiger partial charge is 0.398 e. The summed E-state index contributed by atoms with van der Waals surface area (Å²) in [6.45, 7) is 5.92. The second-order valence-electron chi connectivity index (χ2n) is 3.51. The molecule has 3 N–H and O–H groups in total. The van der Waals surface area contributed by atoms with Gasteiger partial charge in [0, 0.05) is 11.3 Å². The average Bonchev–Trinajstić information content (AvgIpc) is 2.10. The molecule has 0 aliphatic heterocycles. The van der Waals surface area contributed by atoms with Crippen molar-refractivity contribution in [3.8, 4) is 0 Å². The third kappa shape index (κ3) is 2.01. The summed E-state index contributed by atoms with van der Waals surface area (Å²) < 4.78 is 0. The Morgan fingerprint density at radius 2 is 2.00 bits per heavy atom. The quantitative estimate of drug-likeness (QED) is 0.684. The molecule has 0 aliphatic rings. The molecule has 0 fully saturated rings. The molecule has 13 heavy (non-hydrogen) atoms. The number of aryl methyl sites for hydroxylation is 2. The number of nitrogens with two attached hydrogens (primary N) is 1. The van der Waals surface area contributed by atoms with Crippen LogP contribution in [-0.2, 0) is 0 Å². The fourth-order valence-electron chi connectivity index (χ4n) is 1.51. The van der Waals surface area contributed by atoms with E-state index in [0.29, 0.717) is 6.42 Å². The Morgan fingerprint density at radius 1 is 1.38 bits per heavy atom. The van der Waals surface area contributed by atoms with Crippen LogP contribution in [-0.4, -0.2) is 5.11 Å². The Hall–Kier alpha value is -1.02. The topological polar surface area (TPSA) is 46.2 Å². The Bertz CT molecular complexity index is 307. The molecule has 0 aliphatic carbocycles. The summed E-state index contributed by atoms with van der Waals surface area (Å²) in [5, 5.41) is 9.68. The molecule has 0 bridgehead atoms. The van der Waals surface area contributed by atoms with E-state index in [1.165, 1.54) is 0 Å². The number of rotatable bonds is 2. The zero-order valence-corrected chi connectivity index (χ0v) is 8.46. The van der Waals surface area contributed by atoms with Gasteiger partial charge in [0.25, 0.3) is 0 Å². The lowest BCUT2D eigenvalue weighted by Crippen LogP contribution is -2.03. The smallest absolute Gasteiger partial charge is 0.0807 e. The monoisotopic (exact) mass is 179 g/mol. The summed E-state index contributed by atoms with van der Waals surface area (Å²) in [6, 6.07) is 3.98. The molecule has 0 spiro atoms. The zero-order valence-electron chi connectivity index (χ0n) is 8.46. The van der Waals surface area contributed by atoms with E-state index in [0.717, 1.165) is 22.4 Å². The Kier molecular flexibility index (Phi) is 2.94. The van der Waals surface area contributed by atoms with Crippen molar-refractivity contribution in [2.24, 2.45) is 0 Å². The van der Waals surface area contributed by atoms with Gasteiger partial charge in [0.2, 0.25) is 0 Å². The van der Waals surface area contributed by atoms with Crippen molar-refractivity contribution >= 4 is 5.69 Å². The number of hydrogen-bond acceptors (Lipinski definition) is 2. The van der Waals surface area contributed by atoms with E-state index in [-0.39, 0.29) is 0 Å². The van der Waals surface area contributed by atoms with Crippen molar-refractivity contribution in [1.82, 2.24) is 0 Å². The van der Waals surface area contributed by atoms with E-state index < -0.39 is 6.10 Å². The number of benzene rings is 1. The molecule has 1 aromatic rings. The van der Waals surface area contributed by atoms with Gasteiger partial charge >= 0.3 is 0 Å². The molecular weight excluding hydrogens is 162 g/mol. The van der Waals surface area contributed by atoms with Crippen LogP contribution in [0.1, 0.15) is 36.1 Å². The van der Waals surface area contributed by atoms with Crippen molar-refractivity contribution in [1.29, 1.82) is 0 Å². The van der Waals surface area contributed by atoms with Crippen LogP contribution in [0.25, 0.3) is 0 Å². The first-order valence-electron chi connectivity index (χ1n) is 4.61. The maximum Gasteiger partial charge on any atom is 0.0807 e. The summed E-state index contributed by atoms with van der Waals surface area (Å²) in [6.07, 6.45) is 0.270. The molecule has 0 saturated heterocycles. The fourth-order valence-corrected chi connectivity index (χ4v) is 1.51. The van der Waals surface area contributed by atoms with E-state index in [4.69, 9.17) is 5.73 Å². The molecule has 0 amide bonds. The van der Waals surface area contributed by atoms with Gasteiger partial charge in [-0.25, -0.2) is 0 Å². The molecule has 1 atom stereocenters. The van der Waals surface area contributed by atoms with Crippen LogP contribution in [0, 0.1) is 13.8 Å². The minimum absolute atomic E-state index is 0.432. The predicted molar refractivity (Wildman–Crippen MR) is 55.6 cm³/mol. The molecule has 1 rings (SSSR count). The highest BCUT2D eigenvalue weighted by atomic mass is 16.3. The molecule has 0 aromatic heterocycles. The van der Waals surface area contributed by atoms with Crippen molar-refractivity contribution in [3.05, 3.63) is 28.8 Å². The van der Waals surface area contributed by atoms with Gasteiger partial charge in [0.15, 0.2) is 0 Å². The van der Waals surface area contributed by atoms with E-state index in [9.17, 15) is 5.11 Å². The first kappa shape index (κ1) is 10.1. The molecular formula is C11H17NO. The second kappa shape index (κ2) is 3.79. The second-order valence-corrected chi connectivity index (χ2v) is 3.51. The summed E-state index contributed by atoms with van der Waals surface area (Å²) >= 11 is 0. The third-order valence-electron chi connectivity index (χ3n) is 2.31. The molecule has 1 unspecified atom stereocenters. The van der Waals surface area contributed by atoms with E-state index in [1.54, 1.807) is 0 Å². The predicted octanol–water partition coefficient (Wildman–Crippen LogP) is 2.33. The van der Waals surface area contributed by atoms with Crippen LogP contribution in [0.3, 0.4) is 0 Å². The SMILES string of the molecule is CCC(O)c1cc(C)cc(C)c1N. The van der Waals surface area contributed by atoms with Gasteiger partial charge in [-0.05, 0) is 25.8 Å². The molecule has 0 heterocycles. The lowest BCUT2D eigenvalue weighted by molar-refractivity contribution is 0.174. The van der Waals surface area contributed by atoms with Crippen LogP contribution in [0.2, 0.25) is 0 Å². The van der Waals surface area contributed by atoms with Crippen molar-refractivity contribution in [3.63, 3.8) is 0 Å². The van der Waals surface area contributed by atoms with Crippen LogP contribution >= 0.6 is 0 Å². The van der Waals surface area contributed by atoms with Crippen LogP contribution in [0.4, 0.5) is 5.69 Å². The van der Waals surface area contributed by atoms with E-state index in [1.807, 2.05) is 32.9 Å². The average molecular weight is 179 g/mol. The molecule has 2 heteroatoms. The highest BCUT2D eigenvalue weighted by Crippen LogP contribution is 2.26. The van der Waals surface area contributed by atoms with Gasteiger partial charge in [-0.1, -0.05) is 24.6 Å². The maximum atomic E-state index is 9.68. The molecule has 0 saturated carbocycles. The number of aliphatic hydroxyl groups is 1. The minimum atomic E-state index is -0.432. The standard InChI is InChI=1S/C11H17NO/c1-4-10(13)9-6-7(2)5-8(3)11(9)12/h5-6,10,13H,4,12H2,1-3H3.